The largest absolute Gasteiger partial charge is 0.393 e. The molecule has 0 rings (SSSR count). The van der Waals surface area contributed by atoms with Gasteiger partial charge in [-0.1, -0.05) is 26.1 Å². The quantitative estimate of drug-likeness (QED) is 0.486. The summed E-state index contributed by atoms with van der Waals surface area (Å²) < 4.78 is 5.44. The summed E-state index contributed by atoms with van der Waals surface area (Å²) in [6.45, 7) is 6.13. The highest BCUT2D eigenvalue weighted by atomic mass is 32.1. The zero-order valence-electron chi connectivity index (χ0n) is 8.71. The zero-order chi connectivity index (χ0) is 10.1. The number of ether oxygens (including phenoxy) is 1. The van der Waals surface area contributed by atoms with E-state index in [1.54, 1.807) is 0 Å². The third-order valence-electron chi connectivity index (χ3n) is 1.80. The van der Waals surface area contributed by atoms with Gasteiger partial charge in [0, 0.05) is 13.2 Å². The molecule has 0 aliphatic carbocycles. The number of hydrogen-bond acceptors (Lipinski definition) is 2. The molecule has 0 fully saturated rings. The van der Waals surface area contributed by atoms with Crippen LogP contribution < -0.4 is 5.73 Å². The van der Waals surface area contributed by atoms with E-state index >= 15 is 0 Å². The summed E-state index contributed by atoms with van der Waals surface area (Å²) in [5.74, 6) is 0.733. The van der Waals surface area contributed by atoms with Gasteiger partial charge in [0.2, 0.25) is 0 Å². The van der Waals surface area contributed by atoms with Crippen molar-refractivity contribution in [2.24, 2.45) is 11.7 Å². The van der Waals surface area contributed by atoms with Crippen molar-refractivity contribution >= 4 is 17.2 Å². The van der Waals surface area contributed by atoms with Crippen LogP contribution in [-0.4, -0.2) is 18.2 Å². The van der Waals surface area contributed by atoms with Crippen LogP contribution in [0.1, 0.15) is 39.5 Å². The summed E-state index contributed by atoms with van der Waals surface area (Å²) in [4.78, 5) is 0.613. The fourth-order valence-corrected chi connectivity index (χ4v) is 1.07. The molecule has 0 unspecified atom stereocenters. The van der Waals surface area contributed by atoms with Crippen molar-refractivity contribution < 1.29 is 4.74 Å². The third kappa shape index (κ3) is 11.9. The number of unbranched alkanes of at least 4 members (excludes halogenated alkanes) is 1. The standard InChI is InChI=1S/C10H21NOS/c1-9(2)6-8-12-7-4-3-5-10(11)13/h9H,3-8H2,1-2H3,(H2,11,13). The molecule has 0 atom stereocenters. The highest BCUT2D eigenvalue weighted by Gasteiger charge is 1.94. The zero-order valence-corrected chi connectivity index (χ0v) is 9.53. The van der Waals surface area contributed by atoms with Gasteiger partial charge >= 0.3 is 0 Å². The molecular weight excluding hydrogens is 182 g/mol. The molecule has 3 heteroatoms. The van der Waals surface area contributed by atoms with E-state index < -0.39 is 0 Å². The second kappa shape index (κ2) is 8.45. The van der Waals surface area contributed by atoms with E-state index in [-0.39, 0.29) is 0 Å². The summed E-state index contributed by atoms with van der Waals surface area (Å²) >= 11 is 4.77. The Hall–Kier alpha value is -0.150. The Bertz CT molecular complexity index is 137. The van der Waals surface area contributed by atoms with Gasteiger partial charge in [0.1, 0.15) is 0 Å². The van der Waals surface area contributed by atoms with Crippen LogP contribution in [-0.2, 0) is 4.74 Å². The maximum absolute atomic E-state index is 5.44. The minimum Gasteiger partial charge on any atom is -0.393 e. The van der Waals surface area contributed by atoms with E-state index in [9.17, 15) is 0 Å². The van der Waals surface area contributed by atoms with Crippen molar-refractivity contribution in [2.75, 3.05) is 13.2 Å². The average Bonchev–Trinajstić information content (AvgIpc) is 2.01. The molecule has 0 spiro atoms. The van der Waals surface area contributed by atoms with E-state index in [1.165, 1.54) is 0 Å². The lowest BCUT2D eigenvalue weighted by atomic mass is 10.1. The number of hydrogen-bond donors (Lipinski definition) is 1. The Morgan fingerprint density at radius 3 is 2.54 bits per heavy atom. The summed E-state index contributed by atoms with van der Waals surface area (Å²) in [5, 5.41) is 0. The predicted molar refractivity (Wildman–Crippen MR) is 60.9 cm³/mol. The second-order valence-corrected chi connectivity index (χ2v) is 4.24. The predicted octanol–water partition coefficient (Wildman–Crippen LogP) is 2.51. The Morgan fingerprint density at radius 1 is 1.31 bits per heavy atom. The van der Waals surface area contributed by atoms with Gasteiger partial charge in [-0.2, -0.15) is 0 Å². The van der Waals surface area contributed by atoms with Gasteiger partial charge in [-0.3, -0.25) is 0 Å². The smallest absolute Gasteiger partial charge is 0.0727 e. The lowest BCUT2D eigenvalue weighted by Crippen LogP contribution is -2.07. The van der Waals surface area contributed by atoms with Crippen LogP contribution in [0.4, 0.5) is 0 Å². The third-order valence-corrected chi connectivity index (χ3v) is 2.01. The lowest BCUT2D eigenvalue weighted by Gasteiger charge is -2.05. The van der Waals surface area contributed by atoms with Crippen LogP contribution in [0.15, 0.2) is 0 Å². The number of nitrogens with two attached hydrogens (primary N) is 1. The molecule has 0 aliphatic rings. The molecule has 2 nitrogen and oxygen atoms in total. The van der Waals surface area contributed by atoms with Crippen LogP contribution in [0.3, 0.4) is 0 Å². The van der Waals surface area contributed by atoms with E-state index in [0.29, 0.717) is 4.99 Å². The van der Waals surface area contributed by atoms with Crippen molar-refractivity contribution in [3.05, 3.63) is 0 Å². The maximum Gasteiger partial charge on any atom is 0.0727 e. The molecule has 0 aliphatic heterocycles. The normalized spacial score (nSPS) is 10.7. The summed E-state index contributed by atoms with van der Waals surface area (Å²) in [5.41, 5.74) is 5.36. The molecule has 0 heterocycles. The Kier molecular flexibility index (Phi) is 8.35. The van der Waals surface area contributed by atoms with Crippen molar-refractivity contribution in [3.8, 4) is 0 Å². The Morgan fingerprint density at radius 2 is 2.00 bits per heavy atom. The van der Waals surface area contributed by atoms with Gasteiger partial charge in [-0.25, -0.2) is 0 Å². The summed E-state index contributed by atoms with van der Waals surface area (Å²) in [7, 11) is 0. The fourth-order valence-electron chi connectivity index (χ4n) is 0.924. The van der Waals surface area contributed by atoms with E-state index in [0.717, 1.165) is 44.8 Å². The highest BCUT2D eigenvalue weighted by molar-refractivity contribution is 7.80. The molecule has 0 amide bonds. The molecule has 0 saturated carbocycles. The van der Waals surface area contributed by atoms with E-state index in [4.69, 9.17) is 22.7 Å². The van der Waals surface area contributed by atoms with Crippen LogP contribution in [0.5, 0.6) is 0 Å². The Balaban J connectivity index is 2.96. The van der Waals surface area contributed by atoms with Crippen molar-refractivity contribution in [2.45, 2.75) is 39.5 Å². The van der Waals surface area contributed by atoms with Crippen LogP contribution in [0, 0.1) is 5.92 Å². The van der Waals surface area contributed by atoms with Gasteiger partial charge in [-0.15, -0.1) is 0 Å². The average molecular weight is 203 g/mol. The minimum atomic E-state index is 0.613. The van der Waals surface area contributed by atoms with E-state index in [2.05, 4.69) is 13.8 Å². The van der Waals surface area contributed by atoms with Gasteiger partial charge in [-0.05, 0) is 31.6 Å². The second-order valence-electron chi connectivity index (χ2n) is 3.72. The Labute approximate surface area is 86.8 Å². The van der Waals surface area contributed by atoms with Crippen LogP contribution in [0.2, 0.25) is 0 Å². The number of thiocarbonyl (C=S) groups is 1. The molecule has 13 heavy (non-hydrogen) atoms. The fraction of sp³-hybridized carbons (Fsp3) is 0.900. The van der Waals surface area contributed by atoms with Crippen molar-refractivity contribution in [3.63, 3.8) is 0 Å². The summed E-state index contributed by atoms with van der Waals surface area (Å²) in [6, 6.07) is 0. The first-order valence-corrected chi connectivity index (χ1v) is 5.39. The first-order chi connectivity index (χ1) is 6.13. The first-order valence-electron chi connectivity index (χ1n) is 4.99. The first kappa shape index (κ1) is 12.8. The molecule has 0 aromatic heterocycles. The topological polar surface area (TPSA) is 35.2 Å². The number of rotatable bonds is 8. The maximum atomic E-state index is 5.44. The van der Waals surface area contributed by atoms with Crippen molar-refractivity contribution in [1.82, 2.24) is 0 Å². The minimum absolute atomic E-state index is 0.613. The molecule has 0 bridgehead atoms. The molecule has 0 aromatic rings. The van der Waals surface area contributed by atoms with Crippen molar-refractivity contribution in [1.29, 1.82) is 0 Å². The van der Waals surface area contributed by atoms with Crippen LogP contribution >= 0.6 is 12.2 Å². The highest BCUT2D eigenvalue weighted by Crippen LogP contribution is 2.00. The van der Waals surface area contributed by atoms with Crippen LogP contribution in [0.25, 0.3) is 0 Å². The lowest BCUT2D eigenvalue weighted by molar-refractivity contribution is 0.120. The molecule has 78 valence electrons. The van der Waals surface area contributed by atoms with E-state index in [1.807, 2.05) is 0 Å². The SMILES string of the molecule is CC(C)CCOCCCCC(N)=S. The summed E-state index contributed by atoms with van der Waals surface area (Å²) in [6.07, 6.45) is 4.12. The molecular formula is C10H21NOS. The van der Waals surface area contributed by atoms with Gasteiger partial charge in [0.05, 0.1) is 4.99 Å². The molecule has 0 aromatic carbocycles. The molecule has 2 N–H and O–H groups in total. The van der Waals surface area contributed by atoms with Gasteiger partial charge in [0.15, 0.2) is 0 Å². The molecule has 0 saturated heterocycles. The monoisotopic (exact) mass is 203 g/mol. The van der Waals surface area contributed by atoms with Gasteiger partial charge in [0.25, 0.3) is 0 Å². The molecule has 0 radical (unpaired) electrons. The van der Waals surface area contributed by atoms with Gasteiger partial charge < -0.3 is 10.5 Å².